The Kier molecular flexibility index (Phi) is 4.52. The molecule has 23 heavy (non-hydrogen) atoms. The molecule has 0 fully saturated rings. The Labute approximate surface area is 135 Å². The third kappa shape index (κ3) is 3.48. The van der Waals surface area contributed by atoms with E-state index in [1.165, 1.54) is 5.56 Å². The second kappa shape index (κ2) is 6.92. The van der Waals surface area contributed by atoms with Gasteiger partial charge in [-0.05, 0) is 35.7 Å². The largest absolute Gasteiger partial charge is 0.350 e. The van der Waals surface area contributed by atoms with Gasteiger partial charge in [-0.1, -0.05) is 37.3 Å². The third-order valence-electron chi connectivity index (χ3n) is 3.84. The Bertz CT molecular complexity index is 766. The van der Waals surface area contributed by atoms with Crippen molar-refractivity contribution in [2.24, 2.45) is 0 Å². The zero-order chi connectivity index (χ0) is 16.1. The van der Waals surface area contributed by atoms with Crippen LogP contribution in [0.15, 0.2) is 73.2 Å². The van der Waals surface area contributed by atoms with E-state index in [0.717, 1.165) is 5.69 Å². The predicted octanol–water partition coefficient (Wildman–Crippen LogP) is 3.41. The first-order valence-corrected chi connectivity index (χ1v) is 7.66. The fraction of sp³-hybridized carbons (Fsp3) is 0.158. The summed E-state index contributed by atoms with van der Waals surface area (Å²) in [6.45, 7) is 2.71. The Morgan fingerprint density at radius 1 is 1.13 bits per heavy atom. The van der Waals surface area contributed by atoms with Crippen molar-refractivity contribution in [2.45, 2.75) is 12.8 Å². The lowest BCUT2D eigenvalue weighted by Crippen LogP contribution is -2.29. The van der Waals surface area contributed by atoms with Gasteiger partial charge in [0.1, 0.15) is 5.69 Å². The van der Waals surface area contributed by atoms with Crippen LogP contribution in [0.1, 0.15) is 28.9 Å². The average Bonchev–Trinajstić information content (AvgIpc) is 3.11. The van der Waals surface area contributed by atoms with Gasteiger partial charge in [-0.3, -0.25) is 9.78 Å². The first kappa shape index (κ1) is 15.0. The van der Waals surface area contributed by atoms with Gasteiger partial charge in [0.25, 0.3) is 5.91 Å². The highest BCUT2D eigenvalue weighted by Gasteiger charge is 2.13. The maximum absolute atomic E-state index is 12.5. The van der Waals surface area contributed by atoms with Crippen LogP contribution >= 0.6 is 0 Å². The molecule has 4 nitrogen and oxygen atoms in total. The molecule has 116 valence electrons. The average molecular weight is 305 g/mol. The summed E-state index contributed by atoms with van der Waals surface area (Å²) in [5.41, 5.74) is 2.70. The minimum absolute atomic E-state index is 0.0818. The van der Waals surface area contributed by atoms with E-state index in [-0.39, 0.29) is 11.8 Å². The van der Waals surface area contributed by atoms with Crippen molar-refractivity contribution in [1.82, 2.24) is 14.9 Å². The lowest BCUT2D eigenvalue weighted by Gasteiger charge is -2.14. The minimum atomic E-state index is -0.0818. The molecule has 2 heterocycles. The summed E-state index contributed by atoms with van der Waals surface area (Å²) in [6, 6.07) is 17.6. The molecule has 0 aliphatic rings. The number of aromatic nitrogens is 2. The number of carbonyl (C=O) groups excluding carboxylic acids is 1. The summed E-state index contributed by atoms with van der Waals surface area (Å²) in [5.74, 6) is 0.184. The summed E-state index contributed by atoms with van der Waals surface area (Å²) < 4.78 is 1.84. The van der Waals surface area contributed by atoms with Gasteiger partial charge < -0.3 is 9.88 Å². The molecule has 4 heteroatoms. The number of nitrogens with zero attached hydrogens (tertiary/aromatic N) is 2. The molecule has 0 aliphatic heterocycles. The van der Waals surface area contributed by atoms with Crippen LogP contribution in [0.3, 0.4) is 0 Å². The molecule has 0 spiro atoms. The summed E-state index contributed by atoms with van der Waals surface area (Å²) in [5, 5.41) is 3.01. The minimum Gasteiger partial charge on any atom is -0.350 e. The van der Waals surface area contributed by atoms with Crippen LogP contribution in [0.25, 0.3) is 5.69 Å². The smallest absolute Gasteiger partial charge is 0.268 e. The van der Waals surface area contributed by atoms with Crippen LogP contribution in [-0.2, 0) is 0 Å². The second-order valence-corrected chi connectivity index (χ2v) is 5.50. The molecular weight excluding hydrogens is 286 g/mol. The molecule has 0 saturated carbocycles. The quantitative estimate of drug-likeness (QED) is 0.785. The van der Waals surface area contributed by atoms with E-state index >= 15 is 0 Å². The van der Waals surface area contributed by atoms with Gasteiger partial charge in [0, 0.05) is 18.9 Å². The number of benzene rings is 1. The molecule has 0 bridgehead atoms. The molecule has 0 radical (unpaired) electrons. The van der Waals surface area contributed by atoms with Gasteiger partial charge in [0.2, 0.25) is 0 Å². The lowest BCUT2D eigenvalue weighted by atomic mass is 10.0. The monoisotopic (exact) mass is 305 g/mol. The van der Waals surface area contributed by atoms with Crippen molar-refractivity contribution in [3.8, 4) is 5.69 Å². The Morgan fingerprint density at radius 3 is 2.70 bits per heavy atom. The van der Waals surface area contributed by atoms with Crippen molar-refractivity contribution < 1.29 is 4.79 Å². The van der Waals surface area contributed by atoms with Crippen LogP contribution in [0, 0.1) is 0 Å². The predicted molar refractivity (Wildman–Crippen MR) is 90.8 cm³/mol. The van der Waals surface area contributed by atoms with Gasteiger partial charge >= 0.3 is 0 Å². The SMILES string of the molecule is C[C@@H](CNC(=O)c1cccn1-c1cccnc1)c1ccccc1. The number of amides is 1. The highest BCUT2D eigenvalue weighted by molar-refractivity contribution is 5.93. The van der Waals surface area contributed by atoms with Crippen LogP contribution < -0.4 is 5.32 Å². The molecule has 3 rings (SSSR count). The van der Waals surface area contributed by atoms with Crippen molar-refractivity contribution in [2.75, 3.05) is 6.54 Å². The van der Waals surface area contributed by atoms with Crippen molar-refractivity contribution in [3.05, 3.63) is 84.4 Å². The molecule has 1 aromatic carbocycles. The highest BCUT2D eigenvalue weighted by atomic mass is 16.1. The summed E-state index contributed by atoms with van der Waals surface area (Å²) in [6.07, 6.45) is 5.32. The van der Waals surface area contributed by atoms with E-state index < -0.39 is 0 Å². The first-order chi connectivity index (χ1) is 11.3. The van der Waals surface area contributed by atoms with Crippen LogP contribution in [0.2, 0.25) is 0 Å². The summed E-state index contributed by atoms with van der Waals surface area (Å²) in [7, 11) is 0. The zero-order valence-electron chi connectivity index (χ0n) is 13.0. The van der Waals surface area contributed by atoms with Crippen molar-refractivity contribution >= 4 is 5.91 Å². The number of carbonyl (C=O) groups is 1. The standard InChI is InChI=1S/C19H19N3O/c1-15(16-7-3-2-4-8-16)13-21-19(23)18-10-6-12-22(18)17-9-5-11-20-14-17/h2-12,14-15H,13H2,1H3,(H,21,23)/t15-/m0/s1. The van der Waals surface area contributed by atoms with Gasteiger partial charge in [-0.25, -0.2) is 0 Å². The molecule has 0 unspecified atom stereocenters. The van der Waals surface area contributed by atoms with Gasteiger partial charge in [-0.15, -0.1) is 0 Å². The fourth-order valence-corrected chi connectivity index (χ4v) is 2.52. The van der Waals surface area contributed by atoms with Gasteiger partial charge in [0.15, 0.2) is 0 Å². The maximum atomic E-state index is 12.5. The Morgan fingerprint density at radius 2 is 1.96 bits per heavy atom. The number of nitrogens with one attached hydrogen (secondary N) is 1. The highest BCUT2D eigenvalue weighted by Crippen LogP contribution is 2.14. The maximum Gasteiger partial charge on any atom is 0.268 e. The van der Waals surface area contributed by atoms with Gasteiger partial charge in [-0.2, -0.15) is 0 Å². The molecule has 3 aromatic rings. The number of rotatable bonds is 5. The van der Waals surface area contributed by atoms with Crippen LogP contribution in [-0.4, -0.2) is 22.0 Å². The normalized spacial score (nSPS) is 11.9. The van der Waals surface area contributed by atoms with E-state index in [1.54, 1.807) is 12.4 Å². The first-order valence-electron chi connectivity index (χ1n) is 7.66. The molecule has 1 atom stereocenters. The van der Waals surface area contributed by atoms with Crippen LogP contribution in [0.5, 0.6) is 0 Å². The molecule has 1 amide bonds. The topological polar surface area (TPSA) is 46.9 Å². The van der Waals surface area contributed by atoms with E-state index in [2.05, 4.69) is 29.4 Å². The summed E-state index contributed by atoms with van der Waals surface area (Å²) in [4.78, 5) is 16.6. The number of hydrogen-bond acceptors (Lipinski definition) is 2. The molecule has 0 saturated heterocycles. The molecule has 2 aromatic heterocycles. The summed E-state index contributed by atoms with van der Waals surface area (Å²) >= 11 is 0. The zero-order valence-corrected chi connectivity index (χ0v) is 13.0. The van der Waals surface area contributed by atoms with E-state index in [1.807, 2.05) is 53.2 Å². The molecule has 1 N–H and O–H groups in total. The van der Waals surface area contributed by atoms with Crippen molar-refractivity contribution in [1.29, 1.82) is 0 Å². The van der Waals surface area contributed by atoms with E-state index in [9.17, 15) is 4.79 Å². The molecule has 0 aliphatic carbocycles. The van der Waals surface area contributed by atoms with Crippen molar-refractivity contribution in [3.63, 3.8) is 0 Å². The van der Waals surface area contributed by atoms with E-state index in [4.69, 9.17) is 0 Å². The lowest BCUT2D eigenvalue weighted by molar-refractivity contribution is 0.0945. The second-order valence-electron chi connectivity index (χ2n) is 5.50. The fourth-order valence-electron chi connectivity index (χ4n) is 2.52. The van der Waals surface area contributed by atoms with Gasteiger partial charge in [0.05, 0.1) is 11.9 Å². The Balaban J connectivity index is 1.69. The number of pyridine rings is 1. The number of hydrogen-bond donors (Lipinski definition) is 1. The van der Waals surface area contributed by atoms with Crippen LogP contribution in [0.4, 0.5) is 0 Å². The third-order valence-corrected chi connectivity index (χ3v) is 3.84. The Hall–Kier alpha value is -2.88. The van der Waals surface area contributed by atoms with E-state index in [0.29, 0.717) is 12.2 Å². The molecular formula is C19H19N3O.